The van der Waals surface area contributed by atoms with E-state index in [0.29, 0.717) is 17.1 Å². The minimum Gasteiger partial charge on any atom is -0.354 e. The van der Waals surface area contributed by atoms with E-state index in [0.717, 1.165) is 22.2 Å². The number of carbonyl (C=O) groups excluding carboxylic acids is 2. The van der Waals surface area contributed by atoms with Crippen LogP contribution in [0.15, 0.2) is 72.8 Å². The molecule has 0 fully saturated rings. The third-order valence-electron chi connectivity index (χ3n) is 6.09. The molecule has 0 aromatic heterocycles. The van der Waals surface area contributed by atoms with Crippen LogP contribution in [-0.4, -0.2) is 50.5 Å². The molecule has 0 heterocycles. The number of nitrogens with one attached hydrogen (secondary N) is 1. The van der Waals surface area contributed by atoms with E-state index in [4.69, 9.17) is 23.2 Å². The van der Waals surface area contributed by atoms with Crippen LogP contribution in [0.3, 0.4) is 0 Å². The number of hydrogen-bond acceptors (Lipinski definition) is 4. The molecule has 3 aromatic carbocycles. The molecule has 214 valence electrons. The molecule has 0 radical (unpaired) electrons. The van der Waals surface area contributed by atoms with Gasteiger partial charge < -0.3 is 10.2 Å². The average molecular weight is 609 g/mol. The summed E-state index contributed by atoms with van der Waals surface area (Å²) in [4.78, 5) is 28.9. The number of benzene rings is 3. The van der Waals surface area contributed by atoms with Gasteiger partial charge in [-0.3, -0.25) is 13.9 Å². The molecule has 0 saturated carbocycles. The molecule has 0 saturated heterocycles. The molecule has 1 N–H and O–H groups in total. The molecule has 7 nitrogen and oxygen atoms in total. The first-order valence-corrected chi connectivity index (χ1v) is 15.2. The lowest BCUT2D eigenvalue weighted by Crippen LogP contribution is -2.53. The van der Waals surface area contributed by atoms with Crippen molar-refractivity contribution in [3.8, 4) is 0 Å². The van der Waals surface area contributed by atoms with Crippen LogP contribution in [0.25, 0.3) is 0 Å². The lowest BCUT2D eigenvalue weighted by molar-refractivity contribution is -0.140. The third kappa shape index (κ3) is 8.94. The van der Waals surface area contributed by atoms with Crippen LogP contribution in [-0.2, 0) is 32.6 Å². The number of sulfonamides is 1. The molecule has 40 heavy (non-hydrogen) atoms. The van der Waals surface area contributed by atoms with Crippen molar-refractivity contribution in [2.75, 3.05) is 23.7 Å². The quantitative estimate of drug-likeness (QED) is 0.302. The van der Waals surface area contributed by atoms with Crippen molar-refractivity contribution < 1.29 is 22.4 Å². The summed E-state index contributed by atoms with van der Waals surface area (Å²) in [6.45, 7) is 3.53. The second-order valence-electron chi connectivity index (χ2n) is 9.85. The lowest BCUT2D eigenvalue weighted by Gasteiger charge is -2.34. The number of halogens is 3. The summed E-state index contributed by atoms with van der Waals surface area (Å²) >= 11 is 12.5. The van der Waals surface area contributed by atoms with Crippen molar-refractivity contribution in [3.05, 3.63) is 99.8 Å². The largest absolute Gasteiger partial charge is 0.354 e. The fraction of sp³-hybridized carbons (Fsp3) is 0.310. The van der Waals surface area contributed by atoms with E-state index < -0.39 is 40.2 Å². The first-order chi connectivity index (χ1) is 18.8. The first kappa shape index (κ1) is 31.4. The summed E-state index contributed by atoms with van der Waals surface area (Å²) in [5.74, 6) is -1.56. The van der Waals surface area contributed by atoms with E-state index in [1.165, 1.54) is 29.2 Å². The van der Waals surface area contributed by atoms with Crippen molar-refractivity contribution >= 4 is 50.7 Å². The van der Waals surface area contributed by atoms with Gasteiger partial charge >= 0.3 is 0 Å². The molecule has 3 aromatic rings. The molecule has 1 unspecified atom stereocenters. The standard InChI is InChI=1S/C29H32Cl2FN3O4S/c1-20(2)17-33-29(37)27(14-21-8-5-4-6-9-21)34(18-22-12-13-23(30)15-26(22)31)28(36)19-35(40(3,38)39)25-11-7-10-24(32)16-25/h4-13,15-16,20,27H,14,17-19H2,1-3H3,(H,33,37). The monoisotopic (exact) mass is 607 g/mol. The van der Waals surface area contributed by atoms with Gasteiger partial charge in [0.25, 0.3) is 0 Å². The minimum absolute atomic E-state index is 0.0100. The maximum Gasteiger partial charge on any atom is 0.244 e. The molecule has 0 aliphatic rings. The van der Waals surface area contributed by atoms with Gasteiger partial charge in [-0.25, -0.2) is 12.8 Å². The smallest absolute Gasteiger partial charge is 0.244 e. The van der Waals surface area contributed by atoms with E-state index in [1.807, 2.05) is 44.2 Å². The number of amides is 2. The second-order valence-corrected chi connectivity index (χ2v) is 12.6. The molecule has 11 heteroatoms. The van der Waals surface area contributed by atoms with Crippen molar-refractivity contribution in [1.82, 2.24) is 10.2 Å². The Hall–Kier alpha value is -3.14. The van der Waals surface area contributed by atoms with Gasteiger partial charge in [0, 0.05) is 29.6 Å². The van der Waals surface area contributed by atoms with Crippen LogP contribution in [0.2, 0.25) is 10.0 Å². The fourth-order valence-corrected chi connectivity index (χ4v) is 5.36. The van der Waals surface area contributed by atoms with Crippen LogP contribution in [0.5, 0.6) is 0 Å². The second kappa shape index (κ2) is 14.0. The highest BCUT2D eigenvalue weighted by molar-refractivity contribution is 7.92. The summed E-state index contributed by atoms with van der Waals surface area (Å²) in [6.07, 6.45) is 1.10. The van der Waals surface area contributed by atoms with Gasteiger partial charge in [0.2, 0.25) is 21.8 Å². The zero-order valence-corrected chi connectivity index (χ0v) is 24.8. The minimum atomic E-state index is -4.00. The molecular formula is C29H32Cl2FN3O4S. The molecule has 0 aliphatic heterocycles. The number of nitrogens with zero attached hydrogens (tertiary/aromatic N) is 2. The highest BCUT2D eigenvalue weighted by Crippen LogP contribution is 2.25. The number of carbonyl (C=O) groups is 2. The maximum absolute atomic E-state index is 14.0. The molecule has 2 amide bonds. The molecular weight excluding hydrogens is 576 g/mol. The normalized spacial score (nSPS) is 12.2. The van der Waals surface area contributed by atoms with E-state index in [1.54, 1.807) is 12.1 Å². The summed E-state index contributed by atoms with van der Waals surface area (Å²) in [5, 5.41) is 3.59. The summed E-state index contributed by atoms with van der Waals surface area (Å²) in [7, 11) is -4.00. The van der Waals surface area contributed by atoms with Crippen LogP contribution < -0.4 is 9.62 Å². The molecule has 0 bridgehead atoms. The van der Waals surface area contributed by atoms with Gasteiger partial charge in [0.1, 0.15) is 18.4 Å². The van der Waals surface area contributed by atoms with E-state index in [2.05, 4.69) is 5.32 Å². The maximum atomic E-state index is 14.0. The Labute approximate surface area is 244 Å². The Morgan fingerprint density at radius 2 is 1.68 bits per heavy atom. The fourth-order valence-electron chi connectivity index (χ4n) is 4.05. The van der Waals surface area contributed by atoms with Gasteiger partial charge in [0.05, 0.1) is 11.9 Å². The van der Waals surface area contributed by atoms with Crippen LogP contribution in [0.4, 0.5) is 10.1 Å². The molecule has 1 atom stereocenters. The van der Waals surface area contributed by atoms with Crippen molar-refractivity contribution in [2.24, 2.45) is 5.92 Å². The highest BCUT2D eigenvalue weighted by atomic mass is 35.5. The van der Waals surface area contributed by atoms with Crippen LogP contribution in [0.1, 0.15) is 25.0 Å². The third-order valence-corrected chi connectivity index (χ3v) is 7.81. The predicted molar refractivity (Wildman–Crippen MR) is 157 cm³/mol. The average Bonchev–Trinajstić information content (AvgIpc) is 2.88. The van der Waals surface area contributed by atoms with Gasteiger partial charge in [-0.2, -0.15) is 0 Å². The number of rotatable bonds is 12. The summed E-state index contributed by atoms with van der Waals surface area (Å²) in [5.41, 5.74) is 1.31. The van der Waals surface area contributed by atoms with E-state index in [-0.39, 0.29) is 29.6 Å². The van der Waals surface area contributed by atoms with Gasteiger partial charge in [-0.05, 0) is 47.4 Å². The Bertz CT molecular complexity index is 1440. The number of hydrogen-bond donors (Lipinski definition) is 1. The first-order valence-electron chi connectivity index (χ1n) is 12.6. The van der Waals surface area contributed by atoms with Crippen molar-refractivity contribution in [3.63, 3.8) is 0 Å². The Morgan fingerprint density at radius 3 is 2.27 bits per heavy atom. The Balaban J connectivity index is 2.07. The van der Waals surface area contributed by atoms with E-state index in [9.17, 15) is 22.4 Å². The summed E-state index contributed by atoms with van der Waals surface area (Å²) in [6, 6.07) is 17.9. The molecule has 0 aliphatic carbocycles. The van der Waals surface area contributed by atoms with Crippen molar-refractivity contribution in [2.45, 2.75) is 32.9 Å². The molecule has 3 rings (SSSR count). The Kier molecular flexibility index (Phi) is 11.0. The Morgan fingerprint density at radius 1 is 0.975 bits per heavy atom. The summed E-state index contributed by atoms with van der Waals surface area (Å²) < 4.78 is 40.3. The SMILES string of the molecule is CC(C)CNC(=O)C(Cc1ccccc1)N(Cc1ccc(Cl)cc1Cl)C(=O)CN(c1cccc(F)c1)S(C)(=O)=O. The van der Waals surface area contributed by atoms with Gasteiger partial charge in [0.15, 0.2) is 0 Å². The van der Waals surface area contributed by atoms with Crippen molar-refractivity contribution in [1.29, 1.82) is 0 Å². The zero-order chi connectivity index (χ0) is 29.4. The highest BCUT2D eigenvalue weighted by Gasteiger charge is 2.33. The van der Waals surface area contributed by atoms with Gasteiger partial charge in [-0.1, -0.05) is 79.5 Å². The predicted octanol–water partition coefficient (Wildman–Crippen LogP) is 5.31. The molecule has 0 spiro atoms. The van der Waals surface area contributed by atoms with Crippen LogP contribution in [0, 0.1) is 11.7 Å². The van der Waals surface area contributed by atoms with Gasteiger partial charge in [-0.15, -0.1) is 0 Å². The zero-order valence-electron chi connectivity index (χ0n) is 22.5. The number of anilines is 1. The van der Waals surface area contributed by atoms with Crippen LogP contribution >= 0.6 is 23.2 Å². The lowest BCUT2D eigenvalue weighted by atomic mass is 10.0. The topological polar surface area (TPSA) is 86.8 Å². The van der Waals surface area contributed by atoms with E-state index >= 15 is 0 Å².